The molecule has 19 heavy (non-hydrogen) atoms. The summed E-state index contributed by atoms with van der Waals surface area (Å²) in [4.78, 5) is 6.85. The summed E-state index contributed by atoms with van der Waals surface area (Å²) in [7, 11) is 0. The Bertz CT molecular complexity index is 571. The zero-order valence-electron chi connectivity index (χ0n) is 11.5. The maximum Gasteiger partial charge on any atom is 0.0745 e. The molecule has 1 aromatic carbocycles. The van der Waals surface area contributed by atoms with Gasteiger partial charge in [-0.25, -0.2) is 0 Å². The average Bonchev–Trinajstić information content (AvgIpc) is 2.47. The molecule has 0 spiro atoms. The van der Waals surface area contributed by atoms with Gasteiger partial charge >= 0.3 is 0 Å². The van der Waals surface area contributed by atoms with Crippen LogP contribution < -0.4 is 10.6 Å². The van der Waals surface area contributed by atoms with E-state index in [1.165, 1.54) is 30.3 Å². The summed E-state index contributed by atoms with van der Waals surface area (Å²) in [5, 5.41) is 1.18. The van der Waals surface area contributed by atoms with Gasteiger partial charge in [-0.2, -0.15) is 0 Å². The lowest BCUT2D eigenvalue weighted by molar-refractivity contribution is 0.395. The van der Waals surface area contributed by atoms with Crippen molar-refractivity contribution in [2.75, 3.05) is 23.7 Å². The first-order valence-corrected chi connectivity index (χ1v) is 7.17. The minimum absolute atomic E-state index is 0.800. The number of anilines is 2. The number of pyridine rings is 1. The van der Waals surface area contributed by atoms with E-state index in [4.69, 9.17) is 5.73 Å². The lowest BCUT2D eigenvalue weighted by atomic mass is 9.94. The summed E-state index contributed by atoms with van der Waals surface area (Å²) in [5.41, 5.74) is 9.19. The van der Waals surface area contributed by atoms with Crippen molar-refractivity contribution in [3.63, 3.8) is 0 Å². The van der Waals surface area contributed by atoms with Gasteiger partial charge in [-0.15, -0.1) is 0 Å². The Kier molecular flexibility index (Phi) is 3.28. The van der Waals surface area contributed by atoms with Gasteiger partial charge in [0, 0.05) is 18.5 Å². The first-order valence-electron chi connectivity index (χ1n) is 7.17. The Labute approximate surface area is 114 Å². The monoisotopic (exact) mass is 255 g/mol. The van der Waals surface area contributed by atoms with Crippen LogP contribution in [0.15, 0.2) is 30.5 Å². The number of aromatic nitrogens is 1. The summed E-state index contributed by atoms with van der Waals surface area (Å²) < 4.78 is 0. The molecule has 2 N–H and O–H groups in total. The van der Waals surface area contributed by atoms with Crippen LogP contribution in [0.2, 0.25) is 0 Å². The van der Waals surface area contributed by atoms with Gasteiger partial charge in [-0.3, -0.25) is 4.98 Å². The van der Waals surface area contributed by atoms with Crippen LogP contribution in [-0.2, 0) is 0 Å². The molecule has 0 aliphatic carbocycles. The standard InChI is InChI=1S/C16H21N3/c1-2-12-7-9-19(10-8-12)16-13-5-3-4-6-15(13)18-11-14(16)17/h3-6,11-12H,2,7-10,17H2,1H3. The normalized spacial score (nSPS) is 17.0. The van der Waals surface area contributed by atoms with Crippen LogP contribution in [-0.4, -0.2) is 18.1 Å². The summed E-state index contributed by atoms with van der Waals surface area (Å²) in [6.45, 7) is 4.50. The lowest BCUT2D eigenvalue weighted by Gasteiger charge is -2.34. The summed E-state index contributed by atoms with van der Waals surface area (Å²) in [5.74, 6) is 0.880. The third-order valence-corrected chi connectivity index (χ3v) is 4.28. The van der Waals surface area contributed by atoms with E-state index in [1.807, 2.05) is 6.07 Å². The van der Waals surface area contributed by atoms with Crippen molar-refractivity contribution in [2.24, 2.45) is 5.92 Å². The molecule has 0 unspecified atom stereocenters. The van der Waals surface area contributed by atoms with Crippen LogP contribution in [0.4, 0.5) is 11.4 Å². The third kappa shape index (κ3) is 2.25. The van der Waals surface area contributed by atoms with E-state index < -0.39 is 0 Å². The van der Waals surface area contributed by atoms with Crippen LogP contribution in [0.25, 0.3) is 10.9 Å². The Morgan fingerprint density at radius 3 is 2.74 bits per heavy atom. The van der Waals surface area contributed by atoms with Crippen LogP contribution in [0.3, 0.4) is 0 Å². The topological polar surface area (TPSA) is 42.1 Å². The smallest absolute Gasteiger partial charge is 0.0745 e. The van der Waals surface area contributed by atoms with Crippen LogP contribution >= 0.6 is 0 Å². The molecule has 1 aliphatic rings. The molecular weight excluding hydrogens is 234 g/mol. The molecule has 0 bridgehead atoms. The molecule has 1 saturated heterocycles. The van der Waals surface area contributed by atoms with Gasteiger partial charge in [-0.1, -0.05) is 31.5 Å². The van der Waals surface area contributed by atoms with E-state index >= 15 is 0 Å². The number of nitrogens with two attached hydrogens (primary N) is 1. The first kappa shape index (κ1) is 12.3. The van der Waals surface area contributed by atoms with Gasteiger partial charge < -0.3 is 10.6 Å². The second-order valence-corrected chi connectivity index (χ2v) is 5.42. The zero-order chi connectivity index (χ0) is 13.2. The molecule has 0 radical (unpaired) electrons. The van der Waals surface area contributed by atoms with Crippen LogP contribution in [0, 0.1) is 5.92 Å². The quantitative estimate of drug-likeness (QED) is 0.893. The summed E-state index contributed by atoms with van der Waals surface area (Å²) in [6, 6.07) is 8.27. The van der Waals surface area contributed by atoms with Crippen molar-refractivity contribution in [3.8, 4) is 0 Å². The Hall–Kier alpha value is -1.77. The van der Waals surface area contributed by atoms with Gasteiger partial charge in [0.05, 0.1) is 23.1 Å². The Morgan fingerprint density at radius 2 is 2.00 bits per heavy atom. The number of nitrogens with zero attached hydrogens (tertiary/aromatic N) is 2. The minimum atomic E-state index is 0.800. The van der Waals surface area contributed by atoms with E-state index in [9.17, 15) is 0 Å². The second kappa shape index (κ2) is 5.08. The van der Waals surface area contributed by atoms with E-state index in [2.05, 4.69) is 35.0 Å². The molecule has 100 valence electrons. The highest BCUT2D eigenvalue weighted by atomic mass is 15.1. The second-order valence-electron chi connectivity index (χ2n) is 5.42. The van der Waals surface area contributed by atoms with Gasteiger partial charge in [0.1, 0.15) is 0 Å². The molecule has 0 amide bonds. The van der Waals surface area contributed by atoms with Crippen molar-refractivity contribution >= 4 is 22.3 Å². The number of hydrogen-bond acceptors (Lipinski definition) is 3. The molecular formula is C16H21N3. The summed E-state index contributed by atoms with van der Waals surface area (Å²) >= 11 is 0. The third-order valence-electron chi connectivity index (χ3n) is 4.28. The maximum absolute atomic E-state index is 6.18. The van der Waals surface area contributed by atoms with Crippen LogP contribution in [0.5, 0.6) is 0 Å². The van der Waals surface area contributed by atoms with E-state index in [1.54, 1.807) is 6.20 Å². The molecule has 2 aromatic rings. The number of fused-ring (bicyclic) bond motifs is 1. The molecule has 3 nitrogen and oxygen atoms in total. The molecule has 2 heterocycles. The Balaban J connectivity index is 1.98. The molecule has 3 heteroatoms. The van der Waals surface area contributed by atoms with E-state index in [-0.39, 0.29) is 0 Å². The number of hydrogen-bond donors (Lipinski definition) is 1. The van der Waals surface area contributed by atoms with Gasteiger partial charge in [0.2, 0.25) is 0 Å². The fourth-order valence-corrected chi connectivity index (χ4v) is 3.06. The number of rotatable bonds is 2. The molecule has 1 aliphatic heterocycles. The number of piperidine rings is 1. The predicted molar refractivity (Wildman–Crippen MR) is 81.4 cm³/mol. The number of benzene rings is 1. The van der Waals surface area contributed by atoms with Gasteiger partial charge in [0.25, 0.3) is 0 Å². The molecule has 1 fully saturated rings. The van der Waals surface area contributed by atoms with Crippen molar-refractivity contribution in [2.45, 2.75) is 26.2 Å². The highest BCUT2D eigenvalue weighted by Gasteiger charge is 2.21. The molecule has 3 rings (SSSR count). The van der Waals surface area contributed by atoms with Crippen LogP contribution in [0.1, 0.15) is 26.2 Å². The molecule has 0 atom stereocenters. The maximum atomic E-state index is 6.18. The first-order chi connectivity index (χ1) is 9.29. The Morgan fingerprint density at radius 1 is 1.26 bits per heavy atom. The van der Waals surface area contributed by atoms with E-state index in [0.29, 0.717) is 0 Å². The SMILES string of the molecule is CCC1CCN(c2c(N)cnc3ccccc23)CC1. The highest BCUT2D eigenvalue weighted by Crippen LogP contribution is 2.34. The van der Waals surface area contributed by atoms with Gasteiger partial charge in [-0.05, 0) is 24.8 Å². The van der Waals surface area contributed by atoms with Crippen molar-refractivity contribution in [1.82, 2.24) is 4.98 Å². The molecule has 0 saturated carbocycles. The fourth-order valence-electron chi connectivity index (χ4n) is 3.06. The lowest BCUT2D eigenvalue weighted by Crippen LogP contribution is -2.34. The fraction of sp³-hybridized carbons (Fsp3) is 0.438. The highest BCUT2D eigenvalue weighted by molar-refractivity contribution is 5.97. The van der Waals surface area contributed by atoms with Crippen molar-refractivity contribution in [3.05, 3.63) is 30.5 Å². The minimum Gasteiger partial charge on any atom is -0.396 e. The average molecular weight is 255 g/mol. The van der Waals surface area contributed by atoms with Crippen molar-refractivity contribution in [1.29, 1.82) is 0 Å². The zero-order valence-corrected chi connectivity index (χ0v) is 11.5. The number of para-hydroxylation sites is 1. The van der Waals surface area contributed by atoms with Gasteiger partial charge in [0.15, 0.2) is 0 Å². The number of nitrogen functional groups attached to an aromatic ring is 1. The van der Waals surface area contributed by atoms with Crippen molar-refractivity contribution < 1.29 is 0 Å². The molecule has 1 aromatic heterocycles. The largest absolute Gasteiger partial charge is 0.396 e. The predicted octanol–water partition coefficient (Wildman–Crippen LogP) is 3.44. The summed E-state index contributed by atoms with van der Waals surface area (Å²) in [6.07, 6.45) is 5.63. The van der Waals surface area contributed by atoms with E-state index in [0.717, 1.165) is 30.2 Å².